The molecule has 2 nitrogen and oxygen atoms in total. The van der Waals surface area contributed by atoms with Crippen molar-refractivity contribution in [2.24, 2.45) is 5.73 Å². The number of hydrogen-bond donors (Lipinski definition) is 1. The van der Waals surface area contributed by atoms with Gasteiger partial charge in [0.2, 0.25) is 0 Å². The molecule has 0 saturated carbocycles. The van der Waals surface area contributed by atoms with Crippen molar-refractivity contribution >= 4 is 10.8 Å². The summed E-state index contributed by atoms with van der Waals surface area (Å²) in [7, 11) is 0. The second kappa shape index (κ2) is 6.35. The number of nitrogens with two attached hydrogens (primary N) is 1. The third kappa shape index (κ3) is 4.11. The van der Waals surface area contributed by atoms with Crippen molar-refractivity contribution in [3.8, 4) is 5.75 Å². The fourth-order valence-corrected chi connectivity index (χ4v) is 2.23. The van der Waals surface area contributed by atoms with E-state index in [4.69, 9.17) is 10.5 Å². The highest BCUT2D eigenvalue weighted by molar-refractivity contribution is 5.87. The van der Waals surface area contributed by atoms with Crippen LogP contribution in [-0.4, -0.2) is 18.8 Å². The average Bonchev–Trinajstić information content (AvgIpc) is 2.45. The highest BCUT2D eigenvalue weighted by atomic mass is 19.4. The lowest BCUT2D eigenvalue weighted by Crippen LogP contribution is -2.23. The van der Waals surface area contributed by atoms with Gasteiger partial charge in [-0.15, -0.1) is 0 Å². The van der Waals surface area contributed by atoms with Gasteiger partial charge >= 0.3 is 6.18 Å². The number of benzene rings is 2. The maximum absolute atomic E-state index is 12.4. The van der Waals surface area contributed by atoms with Crippen LogP contribution in [0.25, 0.3) is 10.8 Å². The van der Waals surface area contributed by atoms with E-state index in [1.54, 1.807) is 12.1 Å². The molecule has 0 heterocycles. The molecule has 114 valence electrons. The SMILES string of the molecule is CCC(N)Cc1c(OCC(F)(F)F)ccc2ccccc12. The molecule has 1 atom stereocenters. The first-order valence-corrected chi connectivity index (χ1v) is 6.86. The van der Waals surface area contributed by atoms with E-state index in [0.717, 1.165) is 22.8 Å². The molecule has 0 aromatic heterocycles. The van der Waals surface area contributed by atoms with Gasteiger partial charge in [0.15, 0.2) is 6.61 Å². The number of halogens is 3. The zero-order chi connectivity index (χ0) is 15.5. The fraction of sp³-hybridized carbons (Fsp3) is 0.375. The van der Waals surface area contributed by atoms with Crippen LogP contribution in [0, 0.1) is 0 Å². The molecule has 0 bridgehead atoms. The number of alkyl halides is 3. The monoisotopic (exact) mass is 297 g/mol. The number of hydrogen-bond acceptors (Lipinski definition) is 2. The van der Waals surface area contributed by atoms with Gasteiger partial charge in [0.1, 0.15) is 5.75 Å². The summed E-state index contributed by atoms with van der Waals surface area (Å²) in [5.41, 5.74) is 6.71. The van der Waals surface area contributed by atoms with Crippen molar-refractivity contribution in [1.82, 2.24) is 0 Å². The molecule has 5 heteroatoms. The Bertz CT molecular complexity index is 610. The summed E-state index contributed by atoms with van der Waals surface area (Å²) in [6.07, 6.45) is -3.11. The summed E-state index contributed by atoms with van der Waals surface area (Å²) in [6, 6.07) is 10.8. The second-order valence-corrected chi connectivity index (χ2v) is 5.04. The molecule has 0 spiro atoms. The van der Waals surface area contributed by atoms with Crippen LogP contribution in [-0.2, 0) is 6.42 Å². The zero-order valence-electron chi connectivity index (χ0n) is 11.8. The quantitative estimate of drug-likeness (QED) is 0.903. The Labute approximate surface area is 121 Å². The Morgan fingerprint density at radius 3 is 2.52 bits per heavy atom. The van der Waals surface area contributed by atoms with Crippen LogP contribution in [0.5, 0.6) is 5.75 Å². The lowest BCUT2D eigenvalue weighted by Gasteiger charge is -2.17. The van der Waals surface area contributed by atoms with E-state index in [0.29, 0.717) is 6.42 Å². The van der Waals surface area contributed by atoms with Gasteiger partial charge in [-0.05, 0) is 29.7 Å². The smallest absolute Gasteiger partial charge is 0.422 e. The third-order valence-electron chi connectivity index (χ3n) is 3.38. The first-order valence-electron chi connectivity index (χ1n) is 6.86. The molecule has 2 rings (SSSR count). The Balaban J connectivity index is 2.40. The first-order chi connectivity index (χ1) is 9.90. The highest BCUT2D eigenvalue weighted by Crippen LogP contribution is 2.30. The molecule has 2 aromatic carbocycles. The fourth-order valence-electron chi connectivity index (χ4n) is 2.23. The molecule has 0 aliphatic rings. The zero-order valence-corrected chi connectivity index (χ0v) is 11.8. The summed E-state index contributed by atoms with van der Waals surface area (Å²) in [5.74, 6) is 0.259. The van der Waals surface area contributed by atoms with Crippen LogP contribution in [0.3, 0.4) is 0 Å². The summed E-state index contributed by atoms with van der Waals surface area (Å²) in [5, 5.41) is 1.86. The van der Waals surface area contributed by atoms with Crippen LogP contribution < -0.4 is 10.5 Å². The lowest BCUT2D eigenvalue weighted by molar-refractivity contribution is -0.153. The van der Waals surface area contributed by atoms with Gasteiger partial charge < -0.3 is 10.5 Å². The van der Waals surface area contributed by atoms with E-state index in [-0.39, 0.29) is 11.8 Å². The van der Waals surface area contributed by atoms with E-state index in [2.05, 4.69) is 0 Å². The molecule has 0 aliphatic heterocycles. The van der Waals surface area contributed by atoms with Crippen molar-refractivity contribution in [3.05, 3.63) is 42.0 Å². The van der Waals surface area contributed by atoms with Crippen LogP contribution >= 0.6 is 0 Å². The predicted octanol–water partition coefficient (Wildman–Crippen LogP) is 4.06. The molecule has 2 N–H and O–H groups in total. The number of fused-ring (bicyclic) bond motifs is 1. The lowest BCUT2D eigenvalue weighted by atomic mass is 9.97. The molecule has 0 amide bonds. The van der Waals surface area contributed by atoms with Gasteiger partial charge in [-0.2, -0.15) is 13.2 Å². The molecular formula is C16H18F3NO. The van der Waals surface area contributed by atoms with E-state index in [9.17, 15) is 13.2 Å². The minimum absolute atomic E-state index is 0.107. The second-order valence-electron chi connectivity index (χ2n) is 5.04. The highest BCUT2D eigenvalue weighted by Gasteiger charge is 2.29. The van der Waals surface area contributed by atoms with E-state index >= 15 is 0 Å². The molecule has 1 unspecified atom stereocenters. The molecule has 21 heavy (non-hydrogen) atoms. The topological polar surface area (TPSA) is 35.2 Å². The Kier molecular flexibility index (Phi) is 4.73. The molecule has 0 aliphatic carbocycles. The largest absolute Gasteiger partial charge is 0.484 e. The van der Waals surface area contributed by atoms with Gasteiger partial charge in [-0.3, -0.25) is 0 Å². The van der Waals surface area contributed by atoms with Crippen molar-refractivity contribution in [2.45, 2.75) is 32.0 Å². The van der Waals surface area contributed by atoms with E-state index in [1.165, 1.54) is 0 Å². The van der Waals surface area contributed by atoms with Crippen molar-refractivity contribution in [2.75, 3.05) is 6.61 Å². The van der Waals surface area contributed by atoms with Crippen LogP contribution in [0.4, 0.5) is 13.2 Å². The maximum atomic E-state index is 12.4. The van der Waals surface area contributed by atoms with Gasteiger partial charge in [-0.1, -0.05) is 37.3 Å². The van der Waals surface area contributed by atoms with Crippen LogP contribution in [0.1, 0.15) is 18.9 Å². The number of ether oxygens (including phenoxy) is 1. The first kappa shape index (κ1) is 15.6. The molecule has 0 fully saturated rings. The Morgan fingerprint density at radius 1 is 1.14 bits per heavy atom. The minimum Gasteiger partial charge on any atom is -0.484 e. The number of rotatable bonds is 5. The van der Waals surface area contributed by atoms with Crippen LogP contribution in [0.2, 0.25) is 0 Å². The minimum atomic E-state index is -4.35. The Hall–Kier alpha value is -1.75. The van der Waals surface area contributed by atoms with Gasteiger partial charge in [0, 0.05) is 11.6 Å². The van der Waals surface area contributed by atoms with Gasteiger partial charge in [-0.25, -0.2) is 0 Å². The molecule has 0 saturated heterocycles. The standard InChI is InChI=1S/C16H18F3NO/c1-2-12(20)9-14-13-6-4-3-5-11(13)7-8-15(14)21-10-16(17,18)19/h3-8,12H,2,9-10,20H2,1H3. The van der Waals surface area contributed by atoms with Crippen molar-refractivity contribution < 1.29 is 17.9 Å². The summed E-state index contributed by atoms with van der Waals surface area (Å²) in [6.45, 7) is 0.658. The average molecular weight is 297 g/mol. The summed E-state index contributed by atoms with van der Waals surface area (Å²) >= 11 is 0. The van der Waals surface area contributed by atoms with E-state index < -0.39 is 12.8 Å². The maximum Gasteiger partial charge on any atom is 0.422 e. The van der Waals surface area contributed by atoms with Gasteiger partial charge in [0.25, 0.3) is 0 Å². The van der Waals surface area contributed by atoms with Gasteiger partial charge in [0.05, 0.1) is 0 Å². The Morgan fingerprint density at radius 2 is 1.86 bits per heavy atom. The normalized spacial score (nSPS) is 13.4. The summed E-state index contributed by atoms with van der Waals surface area (Å²) < 4.78 is 42.1. The predicted molar refractivity (Wildman–Crippen MR) is 77.5 cm³/mol. The van der Waals surface area contributed by atoms with Crippen LogP contribution in [0.15, 0.2) is 36.4 Å². The molecule has 2 aromatic rings. The van der Waals surface area contributed by atoms with Crippen molar-refractivity contribution in [1.29, 1.82) is 0 Å². The summed E-state index contributed by atoms with van der Waals surface area (Å²) in [4.78, 5) is 0. The molecular weight excluding hydrogens is 279 g/mol. The third-order valence-corrected chi connectivity index (χ3v) is 3.38. The van der Waals surface area contributed by atoms with E-state index in [1.807, 2.05) is 31.2 Å². The molecule has 0 radical (unpaired) electrons. The van der Waals surface area contributed by atoms with Crippen molar-refractivity contribution in [3.63, 3.8) is 0 Å².